The lowest BCUT2D eigenvalue weighted by atomic mass is 10.1. The van der Waals surface area contributed by atoms with Gasteiger partial charge in [-0.3, -0.25) is 0 Å². The van der Waals surface area contributed by atoms with E-state index < -0.39 is 0 Å². The van der Waals surface area contributed by atoms with Gasteiger partial charge in [0.25, 0.3) is 0 Å². The van der Waals surface area contributed by atoms with Gasteiger partial charge in [0.1, 0.15) is 0 Å². The first-order valence-electron chi connectivity index (χ1n) is 5.16. The predicted octanol–water partition coefficient (Wildman–Crippen LogP) is 3.36. The summed E-state index contributed by atoms with van der Waals surface area (Å²) in [6.45, 7) is 2.12. The zero-order valence-electron chi connectivity index (χ0n) is 9.31. The number of halogens is 1. The normalized spacial score (nSPS) is 12.4. The van der Waals surface area contributed by atoms with Crippen molar-refractivity contribution in [3.05, 3.63) is 46.7 Å². The van der Waals surface area contributed by atoms with Gasteiger partial charge in [0.2, 0.25) is 5.95 Å². The van der Waals surface area contributed by atoms with E-state index in [1.807, 2.05) is 29.9 Å². The smallest absolute Gasteiger partial charge is 0.202 e. The molecule has 0 saturated heterocycles. The van der Waals surface area contributed by atoms with E-state index in [1.54, 1.807) is 6.20 Å². The minimum Gasteiger partial charge on any atom is -0.349 e. The molecule has 0 amide bonds. The number of nitrogens with one attached hydrogen (secondary N) is 1. The molecule has 16 heavy (non-hydrogen) atoms. The third-order valence-corrected chi connectivity index (χ3v) is 3.07. The zero-order chi connectivity index (χ0) is 11.5. The van der Waals surface area contributed by atoms with Gasteiger partial charge in [0.15, 0.2) is 0 Å². The Hall–Kier alpha value is -1.29. The number of aryl methyl sites for hydroxylation is 1. The van der Waals surface area contributed by atoms with Gasteiger partial charge in [-0.05, 0) is 24.6 Å². The highest BCUT2D eigenvalue weighted by Crippen LogP contribution is 2.19. The van der Waals surface area contributed by atoms with Crippen LogP contribution in [0.5, 0.6) is 0 Å². The van der Waals surface area contributed by atoms with Gasteiger partial charge >= 0.3 is 0 Å². The zero-order valence-corrected chi connectivity index (χ0v) is 10.9. The molecule has 4 heteroatoms. The molecule has 0 saturated carbocycles. The highest BCUT2D eigenvalue weighted by molar-refractivity contribution is 9.10. The van der Waals surface area contributed by atoms with Gasteiger partial charge in [0.05, 0.1) is 6.04 Å². The molecule has 1 unspecified atom stereocenters. The largest absolute Gasteiger partial charge is 0.349 e. The van der Waals surface area contributed by atoms with Gasteiger partial charge in [-0.15, -0.1) is 0 Å². The summed E-state index contributed by atoms with van der Waals surface area (Å²) in [6.07, 6.45) is 3.72. The molecular weight excluding hydrogens is 266 g/mol. The summed E-state index contributed by atoms with van der Waals surface area (Å²) in [7, 11) is 1.98. The second kappa shape index (κ2) is 4.70. The fourth-order valence-corrected chi connectivity index (χ4v) is 1.80. The molecule has 0 aliphatic carbocycles. The first-order valence-corrected chi connectivity index (χ1v) is 5.95. The van der Waals surface area contributed by atoms with Gasteiger partial charge in [-0.25, -0.2) is 4.98 Å². The van der Waals surface area contributed by atoms with Crippen LogP contribution >= 0.6 is 15.9 Å². The molecule has 84 valence electrons. The Morgan fingerprint density at radius 2 is 2.00 bits per heavy atom. The Balaban J connectivity index is 2.11. The van der Waals surface area contributed by atoms with E-state index in [-0.39, 0.29) is 6.04 Å². The standard InChI is InChI=1S/C12H14BrN3/c1-9(10-3-5-11(13)6-4-10)15-12-14-7-8-16(12)2/h3-9H,1-2H3,(H,14,15). The number of rotatable bonds is 3. The summed E-state index contributed by atoms with van der Waals surface area (Å²) < 4.78 is 3.07. The maximum Gasteiger partial charge on any atom is 0.202 e. The molecule has 1 aromatic carbocycles. The molecule has 0 bridgehead atoms. The average molecular weight is 280 g/mol. The predicted molar refractivity (Wildman–Crippen MR) is 69.4 cm³/mol. The van der Waals surface area contributed by atoms with Gasteiger partial charge in [-0.2, -0.15) is 0 Å². The van der Waals surface area contributed by atoms with E-state index in [4.69, 9.17) is 0 Å². The quantitative estimate of drug-likeness (QED) is 0.934. The minimum absolute atomic E-state index is 0.245. The van der Waals surface area contributed by atoms with E-state index >= 15 is 0 Å². The number of hydrogen-bond donors (Lipinski definition) is 1. The van der Waals surface area contributed by atoms with Crippen molar-refractivity contribution in [2.24, 2.45) is 7.05 Å². The van der Waals surface area contributed by atoms with Crippen LogP contribution in [-0.4, -0.2) is 9.55 Å². The number of nitrogens with zero attached hydrogens (tertiary/aromatic N) is 2. The third kappa shape index (κ3) is 2.44. The van der Waals surface area contributed by atoms with E-state index in [0.29, 0.717) is 0 Å². The lowest BCUT2D eigenvalue weighted by Crippen LogP contribution is -2.10. The molecule has 0 fully saturated rings. The lowest BCUT2D eigenvalue weighted by molar-refractivity contribution is 0.823. The number of aromatic nitrogens is 2. The summed E-state index contributed by atoms with van der Waals surface area (Å²) in [5.41, 5.74) is 1.24. The van der Waals surface area contributed by atoms with E-state index in [9.17, 15) is 0 Å². The number of anilines is 1. The van der Waals surface area contributed by atoms with Crippen LogP contribution in [0.1, 0.15) is 18.5 Å². The Bertz CT molecular complexity index is 461. The topological polar surface area (TPSA) is 29.9 Å². The average Bonchev–Trinajstić information content (AvgIpc) is 2.65. The molecule has 1 atom stereocenters. The molecule has 1 N–H and O–H groups in total. The molecule has 2 rings (SSSR count). The van der Waals surface area contributed by atoms with E-state index in [0.717, 1.165) is 10.4 Å². The Morgan fingerprint density at radius 3 is 2.56 bits per heavy atom. The van der Waals surface area contributed by atoms with E-state index in [2.05, 4.69) is 45.3 Å². The summed E-state index contributed by atoms with van der Waals surface area (Å²) in [5.74, 6) is 0.885. The molecule has 1 heterocycles. The van der Waals surface area contributed by atoms with Crippen LogP contribution in [0.3, 0.4) is 0 Å². The number of hydrogen-bond acceptors (Lipinski definition) is 2. The monoisotopic (exact) mass is 279 g/mol. The first kappa shape index (κ1) is 11.2. The fraction of sp³-hybridized carbons (Fsp3) is 0.250. The van der Waals surface area contributed by atoms with Crippen molar-refractivity contribution in [1.29, 1.82) is 0 Å². The van der Waals surface area contributed by atoms with Crippen molar-refractivity contribution >= 4 is 21.9 Å². The summed E-state index contributed by atoms with van der Waals surface area (Å²) in [5, 5.41) is 3.36. The van der Waals surface area contributed by atoms with Gasteiger partial charge in [-0.1, -0.05) is 28.1 Å². The van der Waals surface area contributed by atoms with Crippen molar-refractivity contribution in [2.45, 2.75) is 13.0 Å². The van der Waals surface area contributed by atoms with Crippen LogP contribution in [-0.2, 0) is 7.05 Å². The summed E-state index contributed by atoms with van der Waals surface area (Å²) >= 11 is 3.43. The molecule has 1 aromatic heterocycles. The molecule has 0 aliphatic heterocycles. The molecule has 2 aromatic rings. The van der Waals surface area contributed by atoms with E-state index in [1.165, 1.54) is 5.56 Å². The van der Waals surface area contributed by atoms with Crippen LogP contribution in [0, 0.1) is 0 Å². The maximum atomic E-state index is 4.24. The molecule has 3 nitrogen and oxygen atoms in total. The van der Waals surface area contributed by atoms with Crippen molar-refractivity contribution in [3.8, 4) is 0 Å². The van der Waals surface area contributed by atoms with Crippen molar-refractivity contribution in [3.63, 3.8) is 0 Å². The molecule has 0 spiro atoms. The van der Waals surface area contributed by atoms with Crippen LogP contribution in [0.4, 0.5) is 5.95 Å². The van der Waals surface area contributed by atoms with Crippen molar-refractivity contribution in [1.82, 2.24) is 9.55 Å². The minimum atomic E-state index is 0.245. The summed E-state index contributed by atoms with van der Waals surface area (Å²) in [6, 6.07) is 8.54. The second-order valence-electron chi connectivity index (χ2n) is 3.78. The van der Waals surface area contributed by atoms with Crippen molar-refractivity contribution < 1.29 is 0 Å². The third-order valence-electron chi connectivity index (χ3n) is 2.54. The second-order valence-corrected chi connectivity index (χ2v) is 4.70. The Morgan fingerprint density at radius 1 is 1.31 bits per heavy atom. The maximum absolute atomic E-state index is 4.24. The fourth-order valence-electron chi connectivity index (χ4n) is 1.53. The number of benzene rings is 1. The van der Waals surface area contributed by atoms with Gasteiger partial charge in [0, 0.05) is 23.9 Å². The molecular formula is C12H14BrN3. The Kier molecular flexibility index (Phi) is 3.29. The number of imidazole rings is 1. The molecule has 0 radical (unpaired) electrons. The SMILES string of the molecule is CC(Nc1nccn1C)c1ccc(Br)cc1. The first-order chi connectivity index (χ1) is 7.66. The van der Waals surface area contributed by atoms with Crippen molar-refractivity contribution in [2.75, 3.05) is 5.32 Å². The van der Waals surface area contributed by atoms with Crippen LogP contribution < -0.4 is 5.32 Å². The van der Waals surface area contributed by atoms with Crippen LogP contribution in [0.15, 0.2) is 41.1 Å². The highest BCUT2D eigenvalue weighted by Gasteiger charge is 2.07. The van der Waals surface area contributed by atoms with Gasteiger partial charge < -0.3 is 9.88 Å². The van der Waals surface area contributed by atoms with Crippen LogP contribution in [0.25, 0.3) is 0 Å². The highest BCUT2D eigenvalue weighted by atomic mass is 79.9. The summed E-state index contributed by atoms with van der Waals surface area (Å²) in [4.78, 5) is 4.24. The lowest BCUT2D eigenvalue weighted by Gasteiger charge is -2.15. The Labute approximate surface area is 104 Å². The molecule has 0 aliphatic rings. The van der Waals surface area contributed by atoms with Crippen LogP contribution in [0.2, 0.25) is 0 Å².